The Morgan fingerprint density at radius 3 is 2.38 bits per heavy atom. The Balaban J connectivity index is 3.15. The van der Waals surface area contributed by atoms with Crippen molar-refractivity contribution in [3.05, 3.63) is 10.6 Å². The number of H-pyrrole nitrogens is 1. The fourth-order valence-corrected chi connectivity index (χ4v) is 0.792. The van der Waals surface area contributed by atoms with Gasteiger partial charge in [-0.15, -0.1) is 0 Å². The van der Waals surface area contributed by atoms with Gasteiger partial charge in [0.1, 0.15) is 0 Å². The van der Waals surface area contributed by atoms with Gasteiger partial charge in [-0.1, -0.05) is 0 Å². The van der Waals surface area contributed by atoms with Gasteiger partial charge in [-0.05, 0) is 12.2 Å². The molecular formula is C5H5F4N3S. The predicted octanol–water partition coefficient (Wildman–Crippen LogP) is 1.83. The zero-order chi connectivity index (χ0) is 10.2. The molecule has 0 aromatic carbocycles. The standard InChI is InChI=1S/C5H5F4N3S/c1-12-4(13)10-3(11-12)5(8,9)2(6)7/h2H,1H3,(H,10,11,13). The van der Waals surface area contributed by atoms with Crippen LogP contribution in [-0.4, -0.2) is 21.2 Å². The van der Waals surface area contributed by atoms with Crippen molar-refractivity contribution in [2.24, 2.45) is 7.05 Å². The van der Waals surface area contributed by atoms with Gasteiger partial charge >= 0.3 is 12.3 Å². The predicted molar refractivity (Wildman–Crippen MR) is 38.3 cm³/mol. The van der Waals surface area contributed by atoms with Gasteiger partial charge in [0.15, 0.2) is 0 Å². The third-order valence-electron chi connectivity index (χ3n) is 1.36. The lowest BCUT2D eigenvalue weighted by atomic mass is 10.3. The Labute approximate surface area is 75.4 Å². The largest absolute Gasteiger partial charge is 0.365 e. The molecule has 3 nitrogen and oxygen atoms in total. The molecule has 0 aliphatic rings. The van der Waals surface area contributed by atoms with Crippen molar-refractivity contribution in [3.63, 3.8) is 0 Å². The molecule has 8 heteroatoms. The Bertz CT molecular complexity index is 355. The SMILES string of the molecule is Cn1[nH]c(C(F)(F)C(F)F)nc1=S. The number of alkyl halides is 4. The third kappa shape index (κ3) is 1.71. The summed E-state index contributed by atoms with van der Waals surface area (Å²) >= 11 is 4.47. The van der Waals surface area contributed by atoms with E-state index in [2.05, 4.69) is 17.2 Å². The van der Waals surface area contributed by atoms with Crippen molar-refractivity contribution < 1.29 is 17.6 Å². The highest BCUT2D eigenvalue weighted by atomic mass is 32.1. The number of hydrogen-bond acceptors (Lipinski definition) is 2. The fourth-order valence-electron chi connectivity index (χ4n) is 0.655. The number of aromatic amines is 1. The zero-order valence-corrected chi connectivity index (χ0v) is 7.21. The number of nitrogens with one attached hydrogen (secondary N) is 1. The average Bonchev–Trinajstić information content (AvgIpc) is 2.32. The Hall–Kier alpha value is -0.920. The molecule has 0 saturated carbocycles. The second kappa shape index (κ2) is 3.09. The zero-order valence-electron chi connectivity index (χ0n) is 6.39. The molecule has 0 aliphatic carbocycles. The first-order chi connectivity index (χ1) is 5.85. The normalized spacial score (nSPS) is 12.5. The van der Waals surface area contributed by atoms with Crippen molar-refractivity contribution >= 4 is 12.2 Å². The first kappa shape index (κ1) is 10.2. The van der Waals surface area contributed by atoms with Gasteiger partial charge < -0.3 is 0 Å². The molecular weight excluding hydrogens is 210 g/mol. The van der Waals surface area contributed by atoms with Crippen molar-refractivity contribution in [3.8, 4) is 0 Å². The van der Waals surface area contributed by atoms with E-state index >= 15 is 0 Å². The summed E-state index contributed by atoms with van der Waals surface area (Å²) in [7, 11) is 1.31. The highest BCUT2D eigenvalue weighted by Gasteiger charge is 2.46. The maximum Gasteiger partial charge on any atom is 0.365 e. The summed E-state index contributed by atoms with van der Waals surface area (Å²) in [4.78, 5) is 3.10. The third-order valence-corrected chi connectivity index (χ3v) is 1.72. The quantitative estimate of drug-likeness (QED) is 0.603. The van der Waals surface area contributed by atoms with Crippen molar-refractivity contribution in [2.45, 2.75) is 12.3 Å². The number of halogens is 4. The highest BCUT2D eigenvalue weighted by molar-refractivity contribution is 7.71. The molecule has 0 aliphatic heterocycles. The van der Waals surface area contributed by atoms with Crippen LogP contribution in [0.15, 0.2) is 0 Å². The maximum absolute atomic E-state index is 12.6. The van der Waals surface area contributed by atoms with E-state index in [1.807, 2.05) is 5.10 Å². The minimum atomic E-state index is -4.28. The van der Waals surface area contributed by atoms with Crippen molar-refractivity contribution in [2.75, 3.05) is 0 Å². The number of aromatic nitrogens is 3. The van der Waals surface area contributed by atoms with Crippen LogP contribution in [0.1, 0.15) is 5.82 Å². The fraction of sp³-hybridized carbons (Fsp3) is 0.600. The van der Waals surface area contributed by atoms with Crippen LogP contribution in [0.25, 0.3) is 0 Å². The lowest BCUT2D eigenvalue weighted by Crippen LogP contribution is -2.25. The molecule has 1 aromatic rings. The van der Waals surface area contributed by atoms with E-state index in [0.29, 0.717) is 0 Å². The summed E-state index contributed by atoms with van der Waals surface area (Å²) in [6.07, 6.45) is -3.80. The van der Waals surface area contributed by atoms with Gasteiger partial charge in [-0.25, -0.2) is 8.78 Å². The summed E-state index contributed by atoms with van der Waals surface area (Å²) in [5.41, 5.74) is 0. The van der Waals surface area contributed by atoms with Crippen LogP contribution in [0, 0.1) is 4.77 Å². The van der Waals surface area contributed by atoms with E-state index in [4.69, 9.17) is 0 Å². The molecule has 0 unspecified atom stereocenters. The molecule has 13 heavy (non-hydrogen) atoms. The number of rotatable bonds is 2. The summed E-state index contributed by atoms with van der Waals surface area (Å²) in [6, 6.07) is 0. The molecule has 0 atom stereocenters. The van der Waals surface area contributed by atoms with Crippen LogP contribution in [0.3, 0.4) is 0 Å². The molecule has 0 amide bonds. The number of aryl methyl sites for hydroxylation is 1. The molecule has 0 saturated heterocycles. The van der Waals surface area contributed by atoms with Crippen molar-refractivity contribution in [1.82, 2.24) is 14.8 Å². The minimum Gasteiger partial charge on any atom is -0.278 e. The summed E-state index contributed by atoms with van der Waals surface area (Å²) in [6.45, 7) is 0. The second-order valence-corrected chi connectivity index (χ2v) is 2.70. The van der Waals surface area contributed by atoms with Crippen LogP contribution in [0.5, 0.6) is 0 Å². The smallest absolute Gasteiger partial charge is 0.278 e. The van der Waals surface area contributed by atoms with E-state index in [1.165, 1.54) is 7.05 Å². The van der Waals surface area contributed by atoms with E-state index in [0.717, 1.165) is 4.68 Å². The Morgan fingerprint density at radius 2 is 2.08 bits per heavy atom. The summed E-state index contributed by atoms with van der Waals surface area (Å²) in [5.74, 6) is -5.40. The van der Waals surface area contributed by atoms with Gasteiger partial charge in [-0.2, -0.15) is 13.8 Å². The lowest BCUT2D eigenvalue weighted by molar-refractivity contribution is -0.140. The molecule has 0 fully saturated rings. The Kier molecular flexibility index (Phi) is 2.42. The van der Waals surface area contributed by atoms with Gasteiger partial charge in [0.2, 0.25) is 10.6 Å². The first-order valence-corrected chi connectivity index (χ1v) is 3.56. The molecule has 1 heterocycles. The van der Waals surface area contributed by atoms with Gasteiger partial charge in [0.25, 0.3) is 0 Å². The first-order valence-electron chi connectivity index (χ1n) is 3.15. The molecule has 74 valence electrons. The molecule has 0 spiro atoms. The van der Waals surface area contributed by atoms with E-state index in [-0.39, 0.29) is 4.77 Å². The molecule has 1 rings (SSSR count). The Morgan fingerprint density at radius 1 is 1.54 bits per heavy atom. The van der Waals surface area contributed by atoms with E-state index < -0.39 is 18.2 Å². The van der Waals surface area contributed by atoms with Gasteiger partial charge in [0, 0.05) is 7.05 Å². The minimum absolute atomic E-state index is 0.199. The van der Waals surface area contributed by atoms with Crippen LogP contribution in [0.4, 0.5) is 17.6 Å². The average molecular weight is 215 g/mol. The maximum atomic E-state index is 12.6. The van der Waals surface area contributed by atoms with Gasteiger partial charge in [-0.3, -0.25) is 9.78 Å². The summed E-state index contributed by atoms with van der Waals surface area (Å²) in [5, 5.41) is 1.94. The van der Waals surface area contributed by atoms with Crippen LogP contribution in [-0.2, 0) is 13.0 Å². The summed E-state index contributed by atoms with van der Waals surface area (Å²) < 4.78 is 49.5. The number of nitrogens with zero attached hydrogens (tertiary/aromatic N) is 2. The number of hydrogen-bond donors (Lipinski definition) is 1. The monoisotopic (exact) mass is 215 g/mol. The van der Waals surface area contributed by atoms with E-state index in [1.54, 1.807) is 0 Å². The van der Waals surface area contributed by atoms with Crippen LogP contribution < -0.4 is 0 Å². The molecule has 0 bridgehead atoms. The molecule has 0 radical (unpaired) electrons. The lowest BCUT2D eigenvalue weighted by Gasteiger charge is -2.10. The van der Waals surface area contributed by atoms with Crippen LogP contribution in [0.2, 0.25) is 0 Å². The topological polar surface area (TPSA) is 33.6 Å². The highest BCUT2D eigenvalue weighted by Crippen LogP contribution is 2.31. The van der Waals surface area contributed by atoms with E-state index in [9.17, 15) is 17.6 Å². The van der Waals surface area contributed by atoms with Gasteiger partial charge in [0.05, 0.1) is 0 Å². The second-order valence-electron chi connectivity index (χ2n) is 2.34. The van der Waals surface area contributed by atoms with Crippen LogP contribution >= 0.6 is 12.2 Å². The molecule has 1 aromatic heterocycles. The van der Waals surface area contributed by atoms with Crippen molar-refractivity contribution in [1.29, 1.82) is 0 Å². The molecule has 1 N–H and O–H groups in total.